The number of hydrogen-bond acceptors (Lipinski definition) is 4. The molecular formula is C20H28F2N2O3. The Bertz CT molecular complexity index is 642. The monoisotopic (exact) mass is 382 g/mol. The van der Waals surface area contributed by atoms with Gasteiger partial charge in [0.05, 0.1) is 6.61 Å². The first-order valence-electron chi connectivity index (χ1n) is 9.30. The molecule has 1 aromatic carbocycles. The van der Waals surface area contributed by atoms with E-state index in [9.17, 15) is 13.6 Å². The number of benzene rings is 1. The van der Waals surface area contributed by atoms with Gasteiger partial charge in [-0.2, -0.15) is 8.78 Å². The zero-order valence-corrected chi connectivity index (χ0v) is 16.2. The van der Waals surface area contributed by atoms with Crippen molar-refractivity contribution in [1.29, 1.82) is 0 Å². The van der Waals surface area contributed by atoms with Crippen molar-refractivity contribution in [3.63, 3.8) is 0 Å². The summed E-state index contributed by atoms with van der Waals surface area (Å²) in [5.74, 6) is 0.778. The summed E-state index contributed by atoms with van der Waals surface area (Å²) in [6.45, 7) is 7.78. The van der Waals surface area contributed by atoms with Gasteiger partial charge in [0.2, 0.25) is 5.91 Å². The van der Waals surface area contributed by atoms with Crippen LogP contribution in [0.5, 0.6) is 11.5 Å². The number of carbonyl (C=O) groups is 1. The van der Waals surface area contributed by atoms with Crippen LogP contribution >= 0.6 is 0 Å². The summed E-state index contributed by atoms with van der Waals surface area (Å²) < 4.78 is 34.7. The summed E-state index contributed by atoms with van der Waals surface area (Å²) in [6, 6.07) is 4.63. The predicted molar refractivity (Wildman–Crippen MR) is 101 cm³/mol. The summed E-state index contributed by atoms with van der Waals surface area (Å²) in [4.78, 5) is 16.6. The fourth-order valence-electron chi connectivity index (χ4n) is 3.03. The molecule has 0 spiro atoms. The number of rotatable bonds is 8. The maximum atomic E-state index is 12.5. The minimum Gasteiger partial charge on any atom is -0.490 e. The first-order chi connectivity index (χ1) is 12.9. The van der Waals surface area contributed by atoms with E-state index in [1.807, 2.05) is 4.90 Å². The van der Waals surface area contributed by atoms with Crippen LogP contribution in [0.3, 0.4) is 0 Å². The molecule has 1 amide bonds. The fourth-order valence-corrected chi connectivity index (χ4v) is 3.03. The molecule has 27 heavy (non-hydrogen) atoms. The lowest BCUT2D eigenvalue weighted by Gasteiger charge is -2.35. The number of nitrogens with zero attached hydrogens (tertiary/aromatic N) is 2. The molecule has 0 saturated carbocycles. The van der Waals surface area contributed by atoms with E-state index in [2.05, 4.69) is 23.5 Å². The van der Waals surface area contributed by atoms with Gasteiger partial charge < -0.3 is 14.4 Å². The minimum atomic E-state index is -2.92. The maximum Gasteiger partial charge on any atom is 0.387 e. The Kier molecular flexibility index (Phi) is 8.03. The van der Waals surface area contributed by atoms with E-state index in [1.165, 1.54) is 12.1 Å². The average Bonchev–Trinajstić information content (AvgIpc) is 2.61. The molecule has 0 atom stereocenters. The Hall–Kier alpha value is -2.15. The molecule has 1 aliphatic rings. The van der Waals surface area contributed by atoms with Crippen molar-refractivity contribution in [3.05, 3.63) is 29.8 Å². The molecule has 1 heterocycles. The van der Waals surface area contributed by atoms with Gasteiger partial charge in [0.1, 0.15) is 0 Å². The molecule has 0 aliphatic carbocycles. The number of piperazine rings is 1. The van der Waals surface area contributed by atoms with E-state index in [-0.39, 0.29) is 17.4 Å². The van der Waals surface area contributed by atoms with E-state index in [1.54, 1.807) is 25.1 Å². The summed E-state index contributed by atoms with van der Waals surface area (Å²) in [5.41, 5.74) is 0.687. The maximum absolute atomic E-state index is 12.5. The molecule has 0 aromatic heterocycles. The molecule has 1 aliphatic heterocycles. The highest BCUT2D eigenvalue weighted by molar-refractivity contribution is 5.92. The number of amides is 1. The molecule has 2 rings (SSSR count). The van der Waals surface area contributed by atoms with Gasteiger partial charge in [0.15, 0.2) is 11.5 Å². The Balaban J connectivity index is 1.96. The lowest BCUT2D eigenvalue weighted by atomic mass is 10.1. The topological polar surface area (TPSA) is 42.0 Å². The van der Waals surface area contributed by atoms with Crippen LogP contribution in [0.2, 0.25) is 0 Å². The fraction of sp³-hybridized carbons (Fsp3) is 0.550. The van der Waals surface area contributed by atoms with Crippen LogP contribution in [0.15, 0.2) is 24.3 Å². The third-order valence-electron chi connectivity index (χ3n) is 4.21. The lowest BCUT2D eigenvalue weighted by Crippen LogP contribution is -2.49. The van der Waals surface area contributed by atoms with E-state index in [4.69, 9.17) is 4.74 Å². The molecule has 1 saturated heterocycles. The van der Waals surface area contributed by atoms with E-state index in [0.29, 0.717) is 31.2 Å². The molecule has 1 fully saturated rings. The largest absolute Gasteiger partial charge is 0.490 e. The minimum absolute atomic E-state index is 0.0170. The van der Waals surface area contributed by atoms with Gasteiger partial charge in [-0.25, -0.2) is 0 Å². The van der Waals surface area contributed by atoms with Gasteiger partial charge in [-0.15, -0.1) is 0 Å². The number of carbonyl (C=O) groups excluding carboxylic acids is 1. The summed E-state index contributed by atoms with van der Waals surface area (Å²) in [6.07, 6.45) is 3.17. The summed E-state index contributed by atoms with van der Waals surface area (Å²) in [5, 5.41) is 0. The van der Waals surface area contributed by atoms with Gasteiger partial charge in [-0.3, -0.25) is 9.69 Å². The van der Waals surface area contributed by atoms with Crippen molar-refractivity contribution < 1.29 is 23.0 Å². The quantitative estimate of drug-likeness (QED) is 0.646. The summed E-state index contributed by atoms with van der Waals surface area (Å²) >= 11 is 0. The molecule has 0 unspecified atom stereocenters. The number of ether oxygens (including phenoxy) is 2. The first-order valence-corrected chi connectivity index (χ1v) is 9.30. The third kappa shape index (κ3) is 6.82. The second kappa shape index (κ2) is 10.3. The molecule has 0 N–H and O–H groups in total. The normalized spacial score (nSPS) is 15.7. The standard InChI is InChI=1S/C20H28F2N2O3/c1-4-26-18-13-16(5-7-17(18)27-20(21)22)6-8-19(25)24-11-9-23(10-12-24)14-15(2)3/h5-8,13,15,20H,4,9-12,14H2,1-3H3/b8-6+. The van der Waals surface area contributed by atoms with Crippen LogP contribution in [-0.4, -0.2) is 61.6 Å². The highest BCUT2D eigenvalue weighted by Gasteiger charge is 2.20. The number of halogens is 2. The van der Waals surface area contributed by atoms with E-state index >= 15 is 0 Å². The number of hydrogen-bond donors (Lipinski definition) is 0. The molecule has 1 aromatic rings. The molecule has 0 radical (unpaired) electrons. The Morgan fingerprint density at radius 3 is 2.48 bits per heavy atom. The van der Waals surface area contributed by atoms with Crippen LogP contribution in [0.1, 0.15) is 26.3 Å². The summed E-state index contributed by atoms with van der Waals surface area (Å²) in [7, 11) is 0. The molecule has 7 heteroatoms. The molecular weight excluding hydrogens is 354 g/mol. The van der Waals surface area contributed by atoms with Crippen molar-refractivity contribution in [2.75, 3.05) is 39.3 Å². The van der Waals surface area contributed by atoms with E-state index in [0.717, 1.165) is 19.6 Å². The van der Waals surface area contributed by atoms with Gasteiger partial charge in [-0.05, 0) is 36.6 Å². The predicted octanol–water partition coefficient (Wildman–Crippen LogP) is 3.50. The zero-order valence-electron chi connectivity index (χ0n) is 16.2. The molecule has 5 nitrogen and oxygen atoms in total. The number of alkyl halides is 2. The molecule has 150 valence electrons. The van der Waals surface area contributed by atoms with Crippen LogP contribution in [-0.2, 0) is 4.79 Å². The smallest absolute Gasteiger partial charge is 0.387 e. The van der Waals surface area contributed by atoms with Crippen molar-refractivity contribution in [2.45, 2.75) is 27.4 Å². The van der Waals surface area contributed by atoms with Crippen molar-refractivity contribution in [3.8, 4) is 11.5 Å². The first kappa shape index (κ1) is 21.2. The highest BCUT2D eigenvalue weighted by Crippen LogP contribution is 2.30. The van der Waals surface area contributed by atoms with Crippen LogP contribution in [0, 0.1) is 5.92 Å². The lowest BCUT2D eigenvalue weighted by molar-refractivity contribution is -0.127. The van der Waals surface area contributed by atoms with Gasteiger partial charge in [0.25, 0.3) is 0 Å². The second-order valence-electron chi connectivity index (χ2n) is 6.87. The Morgan fingerprint density at radius 1 is 1.19 bits per heavy atom. The van der Waals surface area contributed by atoms with Crippen LogP contribution < -0.4 is 9.47 Å². The van der Waals surface area contributed by atoms with Crippen LogP contribution in [0.4, 0.5) is 8.78 Å². The van der Waals surface area contributed by atoms with E-state index < -0.39 is 6.61 Å². The van der Waals surface area contributed by atoms with Gasteiger partial charge in [-0.1, -0.05) is 19.9 Å². The van der Waals surface area contributed by atoms with Crippen molar-refractivity contribution in [1.82, 2.24) is 9.80 Å². The van der Waals surface area contributed by atoms with Crippen LogP contribution in [0.25, 0.3) is 6.08 Å². The average molecular weight is 382 g/mol. The highest BCUT2D eigenvalue weighted by atomic mass is 19.3. The zero-order chi connectivity index (χ0) is 19.8. The van der Waals surface area contributed by atoms with Gasteiger partial charge in [0, 0.05) is 38.8 Å². The van der Waals surface area contributed by atoms with Gasteiger partial charge >= 0.3 is 6.61 Å². The Labute approximate surface area is 159 Å². The molecule has 0 bridgehead atoms. The second-order valence-corrected chi connectivity index (χ2v) is 6.87. The third-order valence-corrected chi connectivity index (χ3v) is 4.21. The van der Waals surface area contributed by atoms with Crippen molar-refractivity contribution in [2.24, 2.45) is 5.92 Å². The Morgan fingerprint density at radius 2 is 1.89 bits per heavy atom. The van der Waals surface area contributed by atoms with Crippen molar-refractivity contribution >= 4 is 12.0 Å². The SMILES string of the molecule is CCOc1cc(/C=C/C(=O)N2CCN(CC(C)C)CC2)ccc1OC(F)F.